The Labute approximate surface area is 123 Å². The van der Waals surface area contributed by atoms with Gasteiger partial charge >= 0.3 is 0 Å². The lowest BCUT2D eigenvalue weighted by molar-refractivity contribution is 0.510. The summed E-state index contributed by atoms with van der Waals surface area (Å²) in [6.45, 7) is 0. The van der Waals surface area contributed by atoms with E-state index in [2.05, 4.69) is 9.97 Å². The first kappa shape index (κ1) is 13.2. The molecule has 3 rings (SSSR count). The monoisotopic (exact) mass is 310 g/mol. The van der Waals surface area contributed by atoms with E-state index < -0.39 is 11.6 Å². The molecule has 1 aromatic heterocycles. The fraction of sp³-hybridized carbons (Fsp3) is 0. The van der Waals surface area contributed by atoms with E-state index in [1.807, 2.05) is 0 Å². The maximum atomic E-state index is 13.3. The van der Waals surface area contributed by atoms with E-state index in [-0.39, 0.29) is 21.9 Å². The van der Waals surface area contributed by atoms with Crippen molar-refractivity contribution in [2.24, 2.45) is 0 Å². The van der Waals surface area contributed by atoms with Crippen molar-refractivity contribution in [3.8, 4) is 11.4 Å². The number of hydrogen-bond acceptors (Lipinski definition) is 2. The van der Waals surface area contributed by atoms with Crippen molar-refractivity contribution in [2.45, 2.75) is 0 Å². The largest absolute Gasteiger partial charge is 0.228 e. The number of fused-ring (bicyclic) bond motifs is 1. The summed E-state index contributed by atoms with van der Waals surface area (Å²) in [6, 6.07) is 8.91. The molecule has 0 spiro atoms. The van der Waals surface area contributed by atoms with Gasteiger partial charge in [0.2, 0.25) is 0 Å². The molecule has 1 heterocycles. The Balaban J connectivity index is 2.30. The van der Waals surface area contributed by atoms with Crippen LogP contribution in [0.15, 0.2) is 36.4 Å². The van der Waals surface area contributed by atoms with Crippen LogP contribution < -0.4 is 0 Å². The van der Waals surface area contributed by atoms with Crippen LogP contribution in [0.5, 0.6) is 0 Å². The van der Waals surface area contributed by atoms with E-state index in [1.54, 1.807) is 24.3 Å². The van der Waals surface area contributed by atoms with Crippen molar-refractivity contribution in [3.63, 3.8) is 0 Å². The molecule has 3 aromatic rings. The predicted molar refractivity (Wildman–Crippen MR) is 74.9 cm³/mol. The van der Waals surface area contributed by atoms with Crippen LogP contribution in [0.25, 0.3) is 22.3 Å². The molecule has 2 nitrogen and oxygen atoms in total. The van der Waals surface area contributed by atoms with Crippen LogP contribution in [0.3, 0.4) is 0 Å². The molecule has 0 radical (unpaired) electrons. The Kier molecular flexibility index (Phi) is 3.28. The number of hydrogen-bond donors (Lipinski definition) is 0. The maximum absolute atomic E-state index is 13.3. The van der Waals surface area contributed by atoms with E-state index in [4.69, 9.17) is 23.2 Å². The summed E-state index contributed by atoms with van der Waals surface area (Å²) in [4.78, 5) is 8.27. The van der Waals surface area contributed by atoms with Gasteiger partial charge in [-0.3, -0.25) is 0 Å². The number of halogens is 4. The molecule has 6 heteroatoms. The summed E-state index contributed by atoms with van der Waals surface area (Å²) >= 11 is 12.1. The Bertz CT molecular complexity index is 822. The minimum atomic E-state index is -0.992. The van der Waals surface area contributed by atoms with Crippen molar-refractivity contribution in [3.05, 3.63) is 58.2 Å². The van der Waals surface area contributed by atoms with Gasteiger partial charge < -0.3 is 0 Å². The lowest BCUT2D eigenvalue weighted by atomic mass is 10.2. The average molecular weight is 311 g/mol. The van der Waals surface area contributed by atoms with E-state index in [1.165, 1.54) is 0 Å². The zero-order chi connectivity index (χ0) is 14.3. The van der Waals surface area contributed by atoms with Crippen molar-refractivity contribution in [1.29, 1.82) is 0 Å². The van der Waals surface area contributed by atoms with Gasteiger partial charge in [-0.15, -0.1) is 0 Å². The Morgan fingerprint density at radius 1 is 0.900 bits per heavy atom. The average Bonchev–Trinajstić information content (AvgIpc) is 2.41. The fourth-order valence-corrected chi connectivity index (χ4v) is 2.30. The first-order valence-corrected chi connectivity index (χ1v) is 6.39. The molecule has 0 saturated carbocycles. The van der Waals surface area contributed by atoms with Crippen molar-refractivity contribution in [1.82, 2.24) is 9.97 Å². The molecule has 20 heavy (non-hydrogen) atoms. The van der Waals surface area contributed by atoms with Crippen LogP contribution in [0.2, 0.25) is 10.2 Å². The van der Waals surface area contributed by atoms with Crippen molar-refractivity contribution in [2.75, 3.05) is 0 Å². The highest BCUT2D eigenvalue weighted by Gasteiger charge is 2.13. The van der Waals surface area contributed by atoms with Crippen molar-refractivity contribution >= 4 is 34.1 Å². The molecule has 0 saturated heterocycles. The van der Waals surface area contributed by atoms with E-state index in [0.717, 1.165) is 12.1 Å². The number of aromatic nitrogens is 2. The summed E-state index contributed by atoms with van der Waals surface area (Å²) < 4.78 is 26.5. The van der Waals surface area contributed by atoms with Crippen LogP contribution in [0.1, 0.15) is 0 Å². The normalized spacial score (nSPS) is 11.0. The predicted octanol–water partition coefficient (Wildman–Crippen LogP) is 4.88. The van der Waals surface area contributed by atoms with E-state index in [9.17, 15) is 8.78 Å². The standard InChI is InChI=1S/C14H6Cl2F2N2/c15-9-4-2-1-3-7(9)14-19-12-6-11(18)10(17)5-8(12)13(16)20-14/h1-6H. The molecule has 0 aliphatic heterocycles. The summed E-state index contributed by atoms with van der Waals surface area (Å²) in [6.07, 6.45) is 0. The first-order chi connectivity index (χ1) is 9.56. The minimum Gasteiger partial charge on any atom is -0.228 e. The van der Waals surface area contributed by atoms with E-state index >= 15 is 0 Å². The van der Waals surface area contributed by atoms with Gasteiger partial charge in [-0.2, -0.15) is 0 Å². The van der Waals surface area contributed by atoms with Crippen LogP contribution in [-0.4, -0.2) is 9.97 Å². The second kappa shape index (κ2) is 4.96. The van der Waals surface area contributed by atoms with Gasteiger partial charge in [-0.25, -0.2) is 18.7 Å². The number of benzene rings is 2. The van der Waals surface area contributed by atoms with Crippen LogP contribution in [0, 0.1) is 11.6 Å². The third kappa shape index (κ3) is 2.21. The van der Waals surface area contributed by atoms with Crippen molar-refractivity contribution < 1.29 is 8.78 Å². The second-order valence-corrected chi connectivity index (χ2v) is 4.87. The van der Waals surface area contributed by atoms with Crippen LogP contribution >= 0.6 is 23.2 Å². The molecule has 0 amide bonds. The highest BCUT2D eigenvalue weighted by atomic mass is 35.5. The summed E-state index contributed by atoms with van der Waals surface area (Å²) in [5.74, 6) is -1.72. The Morgan fingerprint density at radius 2 is 1.60 bits per heavy atom. The molecule has 0 bridgehead atoms. The van der Waals surface area contributed by atoms with Gasteiger partial charge in [0.15, 0.2) is 17.5 Å². The quantitative estimate of drug-likeness (QED) is 0.598. The van der Waals surface area contributed by atoms with Crippen LogP contribution in [0.4, 0.5) is 8.78 Å². The summed E-state index contributed by atoms with van der Waals surface area (Å²) in [5.41, 5.74) is 0.793. The molecule has 0 N–H and O–H groups in total. The van der Waals surface area contributed by atoms with E-state index in [0.29, 0.717) is 10.6 Å². The fourth-order valence-electron chi connectivity index (χ4n) is 1.85. The SMILES string of the molecule is Fc1cc2nc(-c3ccccc3Cl)nc(Cl)c2cc1F. The molecular weight excluding hydrogens is 305 g/mol. The second-order valence-electron chi connectivity index (χ2n) is 4.10. The third-order valence-electron chi connectivity index (χ3n) is 2.81. The number of rotatable bonds is 1. The molecule has 0 unspecified atom stereocenters. The molecule has 0 aliphatic rings. The molecule has 2 aromatic carbocycles. The summed E-state index contributed by atoms with van der Waals surface area (Å²) in [5, 5.41) is 0.746. The Morgan fingerprint density at radius 3 is 2.35 bits per heavy atom. The third-order valence-corrected chi connectivity index (χ3v) is 3.42. The lowest BCUT2D eigenvalue weighted by Crippen LogP contribution is -1.95. The minimum absolute atomic E-state index is 0.0452. The molecule has 0 fully saturated rings. The van der Waals surface area contributed by atoms with Gasteiger partial charge in [0, 0.05) is 17.0 Å². The Hall–Kier alpha value is -1.78. The van der Waals surface area contributed by atoms with Gasteiger partial charge in [0.1, 0.15) is 5.15 Å². The molecule has 0 aliphatic carbocycles. The van der Waals surface area contributed by atoms with Gasteiger partial charge in [-0.05, 0) is 18.2 Å². The zero-order valence-electron chi connectivity index (χ0n) is 9.87. The molecular formula is C14H6Cl2F2N2. The molecule has 100 valence electrons. The smallest absolute Gasteiger partial charge is 0.162 e. The van der Waals surface area contributed by atoms with Gasteiger partial charge in [0.05, 0.1) is 10.5 Å². The topological polar surface area (TPSA) is 25.8 Å². The first-order valence-electron chi connectivity index (χ1n) is 5.63. The zero-order valence-corrected chi connectivity index (χ0v) is 11.4. The van der Waals surface area contributed by atoms with Gasteiger partial charge in [-0.1, -0.05) is 35.3 Å². The highest BCUT2D eigenvalue weighted by Crippen LogP contribution is 2.29. The van der Waals surface area contributed by atoms with Gasteiger partial charge in [0.25, 0.3) is 0 Å². The highest BCUT2D eigenvalue weighted by molar-refractivity contribution is 6.35. The number of nitrogens with zero attached hydrogens (tertiary/aromatic N) is 2. The summed E-state index contributed by atoms with van der Waals surface area (Å²) in [7, 11) is 0. The maximum Gasteiger partial charge on any atom is 0.162 e. The van der Waals surface area contributed by atoms with Crippen LogP contribution in [-0.2, 0) is 0 Å². The molecule has 0 atom stereocenters. The lowest BCUT2D eigenvalue weighted by Gasteiger charge is -2.06.